The molecule has 2 aromatic rings. The molecule has 2 aromatic carbocycles. The highest BCUT2D eigenvalue weighted by atomic mass is 127. The molecule has 1 amide bonds. The minimum Gasteiger partial charge on any atom is -0.497 e. The molecule has 28 heavy (non-hydrogen) atoms. The van der Waals surface area contributed by atoms with Crippen molar-refractivity contribution in [2.24, 2.45) is 4.99 Å². The molecule has 0 spiro atoms. The monoisotopic (exact) mass is 500 g/mol. The minimum atomic E-state index is -0.398. The van der Waals surface area contributed by atoms with E-state index < -0.39 is 5.82 Å². The lowest BCUT2D eigenvalue weighted by Crippen LogP contribution is -2.39. The van der Waals surface area contributed by atoms with Crippen molar-refractivity contribution in [3.8, 4) is 5.75 Å². The molecule has 2 rings (SSSR count). The number of benzene rings is 2. The van der Waals surface area contributed by atoms with Crippen LogP contribution in [0.4, 0.5) is 10.1 Å². The van der Waals surface area contributed by atoms with Gasteiger partial charge >= 0.3 is 0 Å². The number of halogens is 2. The number of methoxy groups -OCH3 is 1. The lowest BCUT2D eigenvalue weighted by Gasteiger charge is -2.11. The third-order valence-corrected chi connectivity index (χ3v) is 3.70. The Kier molecular flexibility index (Phi) is 10.9. The van der Waals surface area contributed by atoms with E-state index in [1.807, 2.05) is 31.2 Å². The number of guanidine groups is 1. The zero-order chi connectivity index (χ0) is 19.5. The van der Waals surface area contributed by atoms with E-state index in [9.17, 15) is 9.18 Å². The second-order valence-corrected chi connectivity index (χ2v) is 5.78. The number of nitrogens with zero attached hydrogens (tertiary/aromatic N) is 1. The number of carbonyl (C=O) groups excluding carboxylic acids is 1. The molecule has 0 fully saturated rings. The fourth-order valence-corrected chi connectivity index (χ4v) is 2.38. The fourth-order valence-electron chi connectivity index (χ4n) is 2.38. The predicted octanol–water partition coefficient (Wildman–Crippen LogP) is 3.19. The summed E-state index contributed by atoms with van der Waals surface area (Å²) >= 11 is 0. The number of hydrogen-bond donors (Lipinski definition) is 3. The Labute approximate surface area is 182 Å². The number of hydrogen-bond acceptors (Lipinski definition) is 3. The number of rotatable bonds is 8. The molecule has 3 N–H and O–H groups in total. The van der Waals surface area contributed by atoms with Gasteiger partial charge in [0.15, 0.2) is 5.96 Å². The van der Waals surface area contributed by atoms with Crippen molar-refractivity contribution in [1.29, 1.82) is 0 Å². The molecule has 0 aromatic heterocycles. The van der Waals surface area contributed by atoms with Crippen LogP contribution < -0.4 is 20.7 Å². The lowest BCUT2D eigenvalue weighted by atomic mass is 10.1. The van der Waals surface area contributed by atoms with Crippen LogP contribution in [0.15, 0.2) is 53.5 Å². The molecule has 0 saturated heterocycles. The van der Waals surface area contributed by atoms with Crippen molar-refractivity contribution in [2.45, 2.75) is 13.3 Å². The van der Waals surface area contributed by atoms with E-state index in [1.165, 1.54) is 17.7 Å². The zero-order valence-electron chi connectivity index (χ0n) is 16.0. The molecule has 0 unspecified atom stereocenters. The number of carbonyl (C=O) groups is 1. The van der Waals surface area contributed by atoms with Crippen LogP contribution in [0.1, 0.15) is 12.5 Å². The van der Waals surface area contributed by atoms with E-state index in [1.54, 1.807) is 19.2 Å². The maximum Gasteiger partial charge on any atom is 0.246 e. The number of nitrogens with one attached hydrogen (secondary N) is 3. The van der Waals surface area contributed by atoms with Crippen molar-refractivity contribution in [1.82, 2.24) is 10.6 Å². The molecule has 6 nitrogen and oxygen atoms in total. The molecule has 0 radical (unpaired) electrons. The van der Waals surface area contributed by atoms with E-state index in [0.717, 1.165) is 12.2 Å². The van der Waals surface area contributed by atoms with Gasteiger partial charge in [0.1, 0.15) is 18.1 Å². The third kappa shape index (κ3) is 8.55. The Morgan fingerprint density at radius 3 is 2.54 bits per heavy atom. The van der Waals surface area contributed by atoms with Gasteiger partial charge in [-0.3, -0.25) is 4.79 Å². The summed E-state index contributed by atoms with van der Waals surface area (Å²) in [5.41, 5.74) is 1.58. The van der Waals surface area contributed by atoms with Crippen LogP contribution in [-0.4, -0.2) is 38.6 Å². The van der Waals surface area contributed by atoms with Crippen molar-refractivity contribution >= 4 is 41.5 Å². The van der Waals surface area contributed by atoms with Crippen LogP contribution in [0.25, 0.3) is 0 Å². The molecule has 0 aliphatic carbocycles. The number of amides is 1. The van der Waals surface area contributed by atoms with Gasteiger partial charge in [-0.1, -0.05) is 18.2 Å². The van der Waals surface area contributed by atoms with E-state index in [2.05, 4.69) is 20.9 Å². The Balaban J connectivity index is 0.00000392. The Morgan fingerprint density at radius 2 is 1.89 bits per heavy atom. The summed E-state index contributed by atoms with van der Waals surface area (Å²) in [6.45, 7) is 3.24. The number of aliphatic imine (C=N–C) groups is 1. The maximum absolute atomic E-state index is 13.1. The number of anilines is 1. The highest BCUT2D eigenvalue weighted by Gasteiger charge is 2.04. The van der Waals surface area contributed by atoms with E-state index in [4.69, 9.17) is 4.74 Å². The Morgan fingerprint density at radius 1 is 1.14 bits per heavy atom. The van der Waals surface area contributed by atoms with E-state index >= 15 is 0 Å². The topological polar surface area (TPSA) is 74.8 Å². The van der Waals surface area contributed by atoms with Gasteiger partial charge in [-0.2, -0.15) is 0 Å². The summed E-state index contributed by atoms with van der Waals surface area (Å²) in [5, 5.41) is 8.91. The minimum absolute atomic E-state index is 0. The van der Waals surface area contributed by atoms with Crippen LogP contribution in [-0.2, 0) is 11.2 Å². The van der Waals surface area contributed by atoms with Gasteiger partial charge in [0.2, 0.25) is 5.91 Å². The lowest BCUT2D eigenvalue weighted by molar-refractivity contribution is -0.114. The predicted molar refractivity (Wildman–Crippen MR) is 121 cm³/mol. The summed E-state index contributed by atoms with van der Waals surface area (Å²) in [6, 6.07) is 13.6. The van der Waals surface area contributed by atoms with Crippen LogP contribution in [0.5, 0.6) is 5.75 Å². The van der Waals surface area contributed by atoms with Gasteiger partial charge < -0.3 is 20.7 Å². The normalized spacial score (nSPS) is 10.6. The summed E-state index contributed by atoms with van der Waals surface area (Å²) < 4.78 is 18.3. The molecule has 0 bridgehead atoms. The second-order valence-electron chi connectivity index (χ2n) is 5.78. The Hall–Kier alpha value is -2.36. The van der Waals surface area contributed by atoms with E-state index in [0.29, 0.717) is 24.7 Å². The molecular weight excluding hydrogens is 474 g/mol. The largest absolute Gasteiger partial charge is 0.497 e. The first-order valence-electron chi connectivity index (χ1n) is 8.81. The van der Waals surface area contributed by atoms with Crippen LogP contribution in [0.3, 0.4) is 0 Å². The SMILES string of the molecule is CCNC(=NCC(=O)Nc1cccc(F)c1)NCCc1ccc(OC)cc1.I. The number of ether oxygens (including phenoxy) is 1. The van der Waals surface area contributed by atoms with Crippen LogP contribution in [0, 0.1) is 5.82 Å². The molecule has 8 heteroatoms. The molecule has 0 aliphatic rings. The molecular formula is C20H26FIN4O2. The Bertz CT molecular complexity index is 769. The van der Waals surface area contributed by atoms with Crippen molar-refractivity contribution in [3.05, 3.63) is 59.9 Å². The van der Waals surface area contributed by atoms with E-state index in [-0.39, 0.29) is 36.4 Å². The van der Waals surface area contributed by atoms with Crippen molar-refractivity contribution in [2.75, 3.05) is 32.1 Å². The van der Waals surface area contributed by atoms with Gasteiger partial charge in [0.05, 0.1) is 7.11 Å². The quantitative estimate of drug-likeness (QED) is 0.296. The van der Waals surface area contributed by atoms with Crippen molar-refractivity contribution < 1.29 is 13.9 Å². The van der Waals surface area contributed by atoms with Gasteiger partial charge in [-0.25, -0.2) is 9.38 Å². The molecule has 0 saturated carbocycles. The average Bonchev–Trinajstić information content (AvgIpc) is 2.66. The van der Waals surface area contributed by atoms with Crippen LogP contribution in [0.2, 0.25) is 0 Å². The van der Waals surface area contributed by atoms with Crippen LogP contribution >= 0.6 is 24.0 Å². The van der Waals surface area contributed by atoms with Gasteiger partial charge in [-0.05, 0) is 49.2 Å². The summed E-state index contributed by atoms with van der Waals surface area (Å²) in [4.78, 5) is 16.2. The van der Waals surface area contributed by atoms with Gasteiger partial charge in [-0.15, -0.1) is 24.0 Å². The highest BCUT2D eigenvalue weighted by molar-refractivity contribution is 14.0. The average molecular weight is 500 g/mol. The molecule has 0 aliphatic heterocycles. The summed E-state index contributed by atoms with van der Waals surface area (Å²) in [6.07, 6.45) is 0.809. The highest BCUT2D eigenvalue weighted by Crippen LogP contribution is 2.11. The smallest absolute Gasteiger partial charge is 0.246 e. The molecule has 0 atom stereocenters. The first-order valence-corrected chi connectivity index (χ1v) is 8.81. The molecule has 152 valence electrons. The van der Waals surface area contributed by atoms with Gasteiger partial charge in [0.25, 0.3) is 0 Å². The zero-order valence-corrected chi connectivity index (χ0v) is 18.3. The van der Waals surface area contributed by atoms with Gasteiger partial charge in [0, 0.05) is 18.8 Å². The first kappa shape index (κ1) is 23.7. The third-order valence-electron chi connectivity index (χ3n) is 3.70. The van der Waals surface area contributed by atoms with Crippen molar-refractivity contribution in [3.63, 3.8) is 0 Å². The second kappa shape index (κ2) is 12.9. The summed E-state index contributed by atoms with van der Waals surface area (Å²) in [5.74, 6) is 0.670. The maximum atomic E-state index is 13.1. The fraction of sp³-hybridized carbons (Fsp3) is 0.300. The standard InChI is InChI=1S/C20H25FN4O2.HI/c1-3-22-20(23-12-11-15-7-9-18(27-2)10-8-15)24-14-19(26)25-17-6-4-5-16(21)13-17;/h4-10,13H,3,11-12,14H2,1-2H3,(H,25,26)(H2,22,23,24);1H. The first-order chi connectivity index (χ1) is 13.1. The summed E-state index contributed by atoms with van der Waals surface area (Å²) in [7, 11) is 1.64. The molecule has 0 heterocycles.